The summed E-state index contributed by atoms with van der Waals surface area (Å²) in [7, 11) is 0. The van der Waals surface area contributed by atoms with Gasteiger partial charge in [-0.25, -0.2) is 18.9 Å². The van der Waals surface area contributed by atoms with E-state index in [-0.39, 0.29) is 18.0 Å². The quantitative estimate of drug-likeness (QED) is 0.321. The average molecular weight is 492 g/mol. The topological polar surface area (TPSA) is 107 Å². The molecule has 0 spiro atoms. The highest BCUT2D eigenvalue weighted by Gasteiger charge is 2.19. The zero-order chi connectivity index (χ0) is 26.2. The Bertz CT molecular complexity index is 1430. The molecule has 0 fully saturated rings. The number of carbonyl (C=O) groups excluding carboxylic acids is 1. The van der Waals surface area contributed by atoms with Crippen molar-refractivity contribution in [3.05, 3.63) is 82.1 Å². The number of allylic oxidation sites excluding steroid dienone is 2. The van der Waals surface area contributed by atoms with Crippen molar-refractivity contribution in [3.8, 4) is 22.5 Å². The van der Waals surface area contributed by atoms with Gasteiger partial charge in [-0.1, -0.05) is 68.7 Å². The van der Waals surface area contributed by atoms with E-state index in [4.69, 9.17) is 0 Å². The molecule has 0 aliphatic carbocycles. The fourth-order valence-corrected chi connectivity index (χ4v) is 3.95. The van der Waals surface area contributed by atoms with E-state index in [9.17, 15) is 9.59 Å². The van der Waals surface area contributed by atoms with Crippen molar-refractivity contribution in [3.63, 3.8) is 0 Å². The molecule has 0 radical (unpaired) electrons. The van der Waals surface area contributed by atoms with Gasteiger partial charge >= 0.3 is 5.76 Å². The van der Waals surface area contributed by atoms with Gasteiger partial charge in [0.2, 0.25) is 0 Å². The molecule has 2 heterocycles. The number of hydrogen-bond acceptors (Lipinski definition) is 6. The van der Waals surface area contributed by atoms with Crippen LogP contribution in [0.5, 0.6) is 0 Å². The van der Waals surface area contributed by atoms with Crippen LogP contribution in [-0.2, 0) is 11.2 Å². The van der Waals surface area contributed by atoms with Crippen molar-refractivity contribution in [2.75, 3.05) is 0 Å². The Morgan fingerprint density at radius 2 is 1.86 bits per heavy atom. The lowest BCUT2D eigenvalue weighted by molar-refractivity contribution is -0.113. The van der Waals surface area contributed by atoms with Gasteiger partial charge in [0, 0.05) is 17.6 Å². The van der Waals surface area contributed by atoms with Crippen LogP contribution in [0.15, 0.2) is 63.7 Å². The number of rotatable bonds is 8. The highest BCUT2D eigenvalue weighted by atomic mass is 19.1. The summed E-state index contributed by atoms with van der Waals surface area (Å²) in [4.78, 5) is 30.7. The number of ketones is 1. The first-order valence-electron chi connectivity index (χ1n) is 11.9. The number of nitrogens with one attached hydrogen (secondary N) is 1. The number of aromatic amines is 1. The van der Waals surface area contributed by atoms with Crippen molar-refractivity contribution in [2.45, 2.75) is 53.9 Å². The summed E-state index contributed by atoms with van der Waals surface area (Å²) in [5.74, 6) is -0.312. The number of benzene rings is 2. The maximum Gasteiger partial charge on any atom is 0.439 e. The SMILES string of the molecule is CC.CCC/C(=C(\Cc1ccc(-c2ccccc2-c2noc(=O)[nH]2)cc1F)C(C)=O)n1ncnc1C. The molecule has 0 bridgehead atoms. The van der Waals surface area contributed by atoms with Crippen molar-refractivity contribution < 1.29 is 13.7 Å². The second kappa shape index (κ2) is 12.0. The third-order valence-corrected chi connectivity index (χ3v) is 5.59. The molecule has 4 aromatic rings. The maximum absolute atomic E-state index is 15.3. The smallest absolute Gasteiger partial charge is 0.296 e. The molecular formula is C27H30FN5O3. The van der Waals surface area contributed by atoms with Crippen molar-refractivity contribution in [2.24, 2.45) is 0 Å². The van der Waals surface area contributed by atoms with E-state index in [2.05, 4.69) is 24.7 Å². The molecule has 36 heavy (non-hydrogen) atoms. The Hall–Kier alpha value is -4.14. The summed E-state index contributed by atoms with van der Waals surface area (Å²) in [5, 5.41) is 8.00. The van der Waals surface area contributed by atoms with Crippen LogP contribution < -0.4 is 5.76 Å². The molecule has 2 aromatic carbocycles. The van der Waals surface area contributed by atoms with Crippen molar-refractivity contribution in [1.29, 1.82) is 0 Å². The summed E-state index contributed by atoms with van der Waals surface area (Å²) in [6.07, 6.45) is 2.99. The number of carbonyl (C=O) groups is 1. The van der Waals surface area contributed by atoms with Crippen molar-refractivity contribution >= 4 is 11.5 Å². The Balaban J connectivity index is 0.00000176. The van der Waals surface area contributed by atoms with E-state index in [0.717, 1.165) is 12.1 Å². The van der Waals surface area contributed by atoms with E-state index in [0.29, 0.717) is 40.1 Å². The van der Waals surface area contributed by atoms with Crippen LogP contribution in [0, 0.1) is 12.7 Å². The van der Waals surface area contributed by atoms with E-state index >= 15 is 4.39 Å². The first-order chi connectivity index (χ1) is 17.4. The lowest BCUT2D eigenvalue weighted by Crippen LogP contribution is -2.12. The normalized spacial score (nSPS) is 11.5. The van der Waals surface area contributed by atoms with Gasteiger partial charge < -0.3 is 0 Å². The molecule has 1 N–H and O–H groups in total. The summed E-state index contributed by atoms with van der Waals surface area (Å²) >= 11 is 0. The lowest BCUT2D eigenvalue weighted by atomic mass is 9.94. The van der Waals surface area contributed by atoms with Crippen LogP contribution in [0.2, 0.25) is 0 Å². The summed E-state index contributed by atoms with van der Waals surface area (Å²) < 4.78 is 21.6. The summed E-state index contributed by atoms with van der Waals surface area (Å²) in [5.41, 5.74) is 3.53. The molecular weight excluding hydrogens is 461 g/mol. The minimum atomic E-state index is -0.666. The molecule has 0 saturated carbocycles. The predicted molar refractivity (Wildman–Crippen MR) is 137 cm³/mol. The van der Waals surface area contributed by atoms with Gasteiger partial charge in [-0.15, -0.1) is 0 Å². The number of nitrogens with zero attached hydrogens (tertiary/aromatic N) is 4. The second-order valence-electron chi connectivity index (χ2n) is 7.92. The van der Waals surface area contributed by atoms with E-state index in [1.54, 1.807) is 28.9 Å². The Labute approximate surface area is 208 Å². The zero-order valence-corrected chi connectivity index (χ0v) is 21.1. The molecule has 0 aliphatic rings. The monoisotopic (exact) mass is 491 g/mol. The van der Waals surface area contributed by atoms with E-state index in [1.165, 1.54) is 19.3 Å². The predicted octanol–water partition coefficient (Wildman–Crippen LogP) is 5.61. The number of halogens is 1. The molecule has 0 aliphatic heterocycles. The molecule has 0 amide bonds. The second-order valence-corrected chi connectivity index (χ2v) is 7.92. The minimum absolute atomic E-state index is 0.133. The summed E-state index contributed by atoms with van der Waals surface area (Å²) in [6.45, 7) is 9.31. The largest absolute Gasteiger partial charge is 0.439 e. The van der Waals surface area contributed by atoms with Crippen LogP contribution in [0.1, 0.15) is 51.9 Å². The molecule has 0 atom stereocenters. The number of hydrogen-bond donors (Lipinski definition) is 1. The standard InChI is InChI=1S/C25H24FN5O3.C2H6/c1-4-7-23(31-16(3)27-14-28-31)21(15(2)32)12-18-11-10-17(13-22(18)26)19-8-5-6-9-20(19)24-29-25(33)34-30-24;1-2/h5-6,8-11,13-14H,4,7,12H2,1-3H3,(H,29,30,33);1-2H3/b23-21-;. The fraction of sp³-hybridized carbons (Fsp3) is 0.296. The first kappa shape index (κ1) is 26.5. The lowest BCUT2D eigenvalue weighted by Gasteiger charge is -2.15. The Kier molecular flexibility index (Phi) is 8.83. The van der Waals surface area contributed by atoms with E-state index < -0.39 is 11.6 Å². The van der Waals surface area contributed by atoms with Crippen LogP contribution in [0.3, 0.4) is 0 Å². The molecule has 0 unspecified atom stereocenters. The van der Waals surface area contributed by atoms with Gasteiger partial charge in [0.15, 0.2) is 11.6 Å². The number of aromatic nitrogens is 5. The van der Waals surface area contributed by atoms with Crippen molar-refractivity contribution in [1.82, 2.24) is 24.9 Å². The van der Waals surface area contributed by atoms with Crippen LogP contribution in [-0.4, -0.2) is 30.7 Å². The summed E-state index contributed by atoms with van der Waals surface area (Å²) in [6, 6.07) is 12.1. The van der Waals surface area contributed by atoms with Gasteiger partial charge in [0.1, 0.15) is 18.0 Å². The van der Waals surface area contributed by atoms with Gasteiger partial charge in [-0.2, -0.15) is 5.10 Å². The van der Waals surface area contributed by atoms with Crippen LogP contribution >= 0.6 is 0 Å². The third-order valence-electron chi connectivity index (χ3n) is 5.59. The van der Waals surface area contributed by atoms with Crippen LogP contribution in [0.25, 0.3) is 28.2 Å². The average Bonchev–Trinajstić information content (AvgIpc) is 3.51. The molecule has 4 rings (SSSR count). The zero-order valence-electron chi connectivity index (χ0n) is 21.1. The Morgan fingerprint density at radius 1 is 1.14 bits per heavy atom. The minimum Gasteiger partial charge on any atom is -0.296 e. The third kappa shape index (κ3) is 5.73. The Morgan fingerprint density at radius 3 is 2.42 bits per heavy atom. The first-order valence-corrected chi connectivity index (χ1v) is 11.9. The number of aryl methyl sites for hydroxylation is 1. The van der Waals surface area contributed by atoms with Crippen LogP contribution in [0.4, 0.5) is 4.39 Å². The maximum atomic E-state index is 15.3. The fourth-order valence-electron chi connectivity index (χ4n) is 3.95. The highest BCUT2D eigenvalue weighted by molar-refractivity contribution is 5.99. The molecule has 2 aromatic heterocycles. The molecule has 9 heteroatoms. The van der Waals surface area contributed by atoms with Gasteiger partial charge in [0.05, 0.1) is 5.70 Å². The highest BCUT2D eigenvalue weighted by Crippen LogP contribution is 2.31. The molecule has 188 valence electrons. The van der Waals surface area contributed by atoms with Gasteiger partial charge in [-0.05, 0) is 43.0 Å². The number of H-pyrrole nitrogens is 1. The number of Topliss-reactive ketones (excluding diaryl/α,β-unsaturated/α-hetero) is 1. The molecule has 0 saturated heterocycles. The van der Waals surface area contributed by atoms with Gasteiger partial charge in [0.25, 0.3) is 0 Å². The molecule has 8 nitrogen and oxygen atoms in total. The van der Waals surface area contributed by atoms with Gasteiger partial charge in [-0.3, -0.25) is 14.3 Å². The van der Waals surface area contributed by atoms with E-state index in [1.807, 2.05) is 39.8 Å².